The Hall–Kier alpha value is -1.46. The topological polar surface area (TPSA) is 63.7 Å². The van der Waals surface area contributed by atoms with E-state index in [0.29, 0.717) is 16.3 Å². The highest BCUT2D eigenvalue weighted by Crippen LogP contribution is 2.50. The Bertz CT molecular complexity index is 883. The molecule has 0 radical (unpaired) electrons. The monoisotopic (exact) mass is 370 g/mol. The van der Waals surface area contributed by atoms with E-state index in [4.69, 9.17) is 16.1 Å². The number of hydrogen-bond acceptors (Lipinski definition) is 4. The van der Waals surface area contributed by atoms with Gasteiger partial charge in [-0.1, -0.05) is 29.3 Å². The van der Waals surface area contributed by atoms with Crippen LogP contribution in [0, 0.1) is 6.92 Å². The third kappa shape index (κ3) is 2.88. The maximum absolute atomic E-state index is 12.8. The van der Waals surface area contributed by atoms with Gasteiger partial charge >= 0.3 is 8.18 Å². The van der Waals surface area contributed by atoms with E-state index in [1.165, 1.54) is 12.1 Å². The molecule has 0 saturated carbocycles. The Morgan fingerprint density at radius 3 is 2.48 bits per heavy atom. The van der Waals surface area contributed by atoms with Crippen LogP contribution in [0.5, 0.6) is 5.75 Å². The number of rotatable bonds is 2. The smallest absolute Gasteiger partial charge is 0.238 e. The van der Waals surface area contributed by atoms with Crippen LogP contribution in [0.2, 0.25) is 5.02 Å². The lowest BCUT2D eigenvalue weighted by molar-refractivity contribution is 0.376. The first-order valence-corrected chi connectivity index (χ1v) is 9.81. The van der Waals surface area contributed by atoms with Crippen LogP contribution in [-0.2, 0) is 14.6 Å². The van der Waals surface area contributed by atoms with Gasteiger partial charge < -0.3 is 0 Å². The summed E-state index contributed by atoms with van der Waals surface area (Å²) in [5.74, 6) is 0.387. The number of hydrogen-bond donors (Lipinski definition) is 0. The highest BCUT2D eigenvalue weighted by molar-refractivity contribution is 7.93. The van der Waals surface area contributed by atoms with Crippen molar-refractivity contribution in [1.29, 1.82) is 0 Å². The Morgan fingerprint density at radius 1 is 1.17 bits per heavy atom. The second-order valence-electron chi connectivity index (χ2n) is 5.28. The van der Waals surface area contributed by atoms with Crippen molar-refractivity contribution in [3.63, 3.8) is 0 Å². The van der Waals surface area contributed by atoms with Gasteiger partial charge in [0.1, 0.15) is 6.04 Å². The van der Waals surface area contributed by atoms with E-state index >= 15 is 0 Å². The third-order valence-corrected chi connectivity index (χ3v) is 7.63. The van der Waals surface area contributed by atoms with E-state index in [2.05, 4.69) is 0 Å². The molecule has 120 valence electrons. The minimum atomic E-state index is -3.95. The molecule has 0 aromatic heterocycles. The molecular weight excluding hydrogens is 357 g/mol. The van der Waals surface area contributed by atoms with Gasteiger partial charge in [-0.2, -0.15) is 0 Å². The van der Waals surface area contributed by atoms with Crippen molar-refractivity contribution in [1.82, 2.24) is 4.08 Å². The Morgan fingerprint density at radius 2 is 1.83 bits per heavy atom. The molecule has 0 amide bonds. The standard InChI is InChI=1S/C15H14ClNO4PS/c1-10-3-6-13(7-4-10)23(19,20)17-11(2)14-9-12(16)5-8-15(14)21-22(17)18/h3-9,11H,1-2H3/q+1. The molecule has 0 aliphatic carbocycles. The zero-order valence-electron chi connectivity index (χ0n) is 12.4. The minimum Gasteiger partial charge on any atom is -0.238 e. The van der Waals surface area contributed by atoms with Crippen LogP contribution < -0.4 is 4.52 Å². The summed E-state index contributed by atoms with van der Waals surface area (Å²) in [6.07, 6.45) is 0. The second kappa shape index (κ2) is 5.87. The Balaban J connectivity index is 2.09. The molecule has 8 heteroatoms. The number of benzene rings is 2. The lowest BCUT2D eigenvalue weighted by atomic mass is 10.1. The molecule has 2 aromatic carbocycles. The van der Waals surface area contributed by atoms with Crippen LogP contribution in [-0.4, -0.2) is 12.5 Å². The van der Waals surface area contributed by atoms with E-state index in [1.807, 2.05) is 6.92 Å². The normalized spacial score (nSPS) is 20.0. The van der Waals surface area contributed by atoms with E-state index in [0.717, 1.165) is 9.64 Å². The fraction of sp³-hybridized carbons (Fsp3) is 0.200. The van der Waals surface area contributed by atoms with E-state index < -0.39 is 24.2 Å². The van der Waals surface area contributed by atoms with Crippen molar-refractivity contribution in [2.24, 2.45) is 0 Å². The van der Waals surface area contributed by atoms with Crippen molar-refractivity contribution < 1.29 is 17.5 Å². The van der Waals surface area contributed by atoms with E-state index in [-0.39, 0.29) is 4.90 Å². The van der Waals surface area contributed by atoms with Crippen LogP contribution in [0.15, 0.2) is 47.4 Å². The van der Waals surface area contributed by atoms with E-state index in [1.54, 1.807) is 37.3 Å². The maximum atomic E-state index is 12.8. The largest absolute Gasteiger partial charge is 0.682 e. The van der Waals surface area contributed by atoms with Crippen molar-refractivity contribution >= 4 is 29.8 Å². The van der Waals surface area contributed by atoms with Crippen LogP contribution in [0.4, 0.5) is 0 Å². The first-order valence-electron chi connectivity index (χ1n) is 6.86. The first-order chi connectivity index (χ1) is 10.8. The molecule has 0 saturated heterocycles. The first kappa shape index (κ1) is 16.4. The number of nitrogens with zero attached hydrogens (tertiary/aromatic N) is 1. The molecule has 0 spiro atoms. The fourth-order valence-corrected chi connectivity index (χ4v) is 5.74. The molecule has 0 fully saturated rings. The molecule has 2 unspecified atom stereocenters. The Kier molecular flexibility index (Phi) is 4.19. The predicted molar refractivity (Wildman–Crippen MR) is 88.3 cm³/mol. The van der Waals surface area contributed by atoms with Crippen LogP contribution in [0.1, 0.15) is 24.1 Å². The molecule has 2 aromatic rings. The van der Waals surface area contributed by atoms with Crippen LogP contribution in [0.3, 0.4) is 0 Å². The molecule has 1 heterocycles. The summed E-state index contributed by atoms with van der Waals surface area (Å²) in [6.45, 7) is 3.53. The molecule has 23 heavy (non-hydrogen) atoms. The quantitative estimate of drug-likeness (QED) is 0.732. The molecule has 5 nitrogen and oxygen atoms in total. The summed E-state index contributed by atoms with van der Waals surface area (Å²) in [4.78, 5) is 0.0763. The second-order valence-corrected chi connectivity index (χ2v) is 8.89. The summed E-state index contributed by atoms with van der Waals surface area (Å²) in [5.41, 5.74) is 1.52. The predicted octanol–water partition coefficient (Wildman–Crippen LogP) is 4.45. The van der Waals surface area contributed by atoms with Crippen molar-refractivity contribution in [3.05, 3.63) is 58.6 Å². The fourth-order valence-electron chi connectivity index (χ4n) is 2.43. The van der Waals surface area contributed by atoms with Crippen molar-refractivity contribution in [2.45, 2.75) is 24.8 Å². The van der Waals surface area contributed by atoms with Crippen molar-refractivity contribution in [2.75, 3.05) is 0 Å². The van der Waals surface area contributed by atoms with Gasteiger partial charge in [0.25, 0.3) is 10.0 Å². The SMILES string of the molecule is Cc1ccc(S(=O)(=O)N2C(C)c3cc(Cl)ccc3O[P+]2=O)cc1. The summed E-state index contributed by atoms with van der Waals surface area (Å²) in [6, 6.07) is 10.6. The molecule has 1 aliphatic heterocycles. The van der Waals surface area contributed by atoms with Crippen molar-refractivity contribution in [3.8, 4) is 5.75 Å². The molecule has 0 bridgehead atoms. The summed E-state index contributed by atoms with van der Waals surface area (Å²) in [5, 5.41) is 0.462. The van der Waals surface area contributed by atoms with Gasteiger partial charge in [0, 0.05) is 15.2 Å². The summed E-state index contributed by atoms with van der Waals surface area (Å²) >= 11 is 5.98. The Labute approximate surface area is 140 Å². The highest BCUT2D eigenvalue weighted by atomic mass is 35.5. The van der Waals surface area contributed by atoms with E-state index in [9.17, 15) is 13.0 Å². The summed E-state index contributed by atoms with van der Waals surface area (Å²) < 4.78 is 44.3. The van der Waals surface area contributed by atoms with Gasteiger partial charge in [-0.3, -0.25) is 0 Å². The number of fused-ring (bicyclic) bond motifs is 1. The highest BCUT2D eigenvalue weighted by Gasteiger charge is 2.52. The van der Waals surface area contributed by atoms with Gasteiger partial charge in [-0.15, -0.1) is 0 Å². The van der Waals surface area contributed by atoms with Gasteiger partial charge in [0.2, 0.25) is 0 Å². The molecule has 3 rings (SSSR count). The minimum absolute atomic E-state index is 0.0763. The third-order valence-electron chi connectivity index (χ3n) is 3.66. The average Bonchev–Trinajstić information content (AvgIpc) is 2.48. The van der Waals surface area contributed by atoms with Gasteiger partial charge in [0.15, 0.2) is 5.75 Å². The zero-order valence-corrected chi connectivity index (χ0v) is 14.9. The number of sulfonamides is 1. The lowest BCUT2D eigenvalue weighted by Crippen LogP contribution is -2.31. The van der Waals surface area contributed by atoms with Gasteiger partial charge in [-0.05, 0) is 44.2 Å². The molecular formula is C15H14ClNO4PS+. The summed E-state index contributed by atoms with van der Waals surface area (Å²) in [7, 11) is -6.51. The molecule has 0 N–H and O–H groups in total. The maximum Gasteiger partial charge on any atom is 0.682 e. The van der Waals surface area contributed by atoms with Gasteiger partial charge in [-0.25, -0.2) is 12.9 Å². The van der Waals surface area contributed by atoms with Gasteiger partial charge in [0.05, 0.1) is 8.97 Å². The lowest BCUT2D eigenvalue weighted by Gasteiger charge is -2.23. The number of aryl methyl sites for hydroxylation is 1. The van der Waals surface area contributed by atoms with Crippen LogP contribution in [0.25, 0.3) is 0 Å². The molecule has 2 atom stereocenters. The zero-order chi connectivity index (χ0) is 16.8. The number of halogens is 1. The molecule has 1 aliphatic rings. The van der Waals surface area contributed by atoms with Crippen LogP contribution >= 0.6 is 19.8 Å². The average molecular weight is 371 g/mol.